The summed E-state index contributed by atoms with van der Waals surface area (Å²) in [5, 5.41) is 8.94. The van der Waals surface area contributed by atoms with E-state index in [9.17, 15) is 4.39 Å². The van der Waals surface area contributed by atoms with Crippen molar-refractivity contribution in [3.05, 3.63) is 0 Å². The lowest BCUT2D eigenvalue weighted by atomic mass is 10.3. The highest BCUT2D eigenvalue weighted by Gasteiger charge is 1.98. The van der Waals surface area contributed by atoms with E-state index in [1.807, 2.05) is 6.92 Å². The van der Waals surface area contributed by atoms with Gasteiger partial charge in [-0.2, -0.15) is 0 Å². The molecule has 62 valence electrons. The monoisotopic (exact) mass is 150 g/mol. The van der Waals surface area contributed by atoms with Crippen LogP contribution in [-0.2, 0) is 4.74 Å². The summed E-state index contributed by atoms with van der Waals surface area (Å²) in [6, 6.07) is 0. The summed E-state index contributed by atoms with van der Waals surface area (Å²) in [5.74, 6) is 0. The minimum atomic E-state index is -0.389. The topological polar surface area (TPSA) is 29.5 Å². The largest absolute Gasteiger partial charge is 0.391 e. The Bertz CT molecular complexity index is 68.6. The van der Waals surface area contributed by atoms with Crippen LogP contribution in [0.25, 0.3) is 0 Å². The van der Waals surface area contributed by atoms with Crippen molar-refractivity contribution in [1.29, 1.82) is 0 Å². The molecule has 0 fully saturated rings. The molecule has 0 aromatic rings. The molecule has 0 aliphatic rings. The molecular formula is C7H15FO2. The SMILES string of the molecule is CCC(O)COCCCF. The third kappa shape index (κ3) is 5.98. The van der Waals surface area contributed by atoms with E-state index in [2.05, 4.69) is 0 Å². The van der Waals surface area contributed by atoms with Gasteiger partial charge in [-0.3, -0.25) is 4.39 Å². The van der Waals surface area contributed by atoms with Crippen LogP contribution in [0.2, 0.25) is 0 Å². The number of hydrogen-bond acceptors (Lipinski definition) is 2. The third-order valence-electron chi connectivity index (χ3n) is 1.20. The van der Waals surface area contributed by atoms with E-state index < -0.39 is 0 Å². The van der Waals surface area contributed by atoms with Gasteiger partial charge in [0.1, 0.15) is 0 Å². The highest BCUT2D eigenvalue weighted by atomic mass is 19.1. The Morgan fingerprint density at radius 3 is 2.80 bits per heavy atom. The molecule has 1 N–H and O–H groups in total. The highest BCUT2D eigenvalue weighted by Crippen LogP contribution is 1.91. The molecule has 0 aliphatic carbocycles. The molecule has 2 nitrogen and oxygen atoms in total. The number of aliphatic hydroxyl groups is 1. The Morgan fingerprint density at radius 2 is 2.30 bits per heavy atom. The fourth-order valence-corrected chi connectivity index (χ4v) is 0.494. The lowest BCUT2D eigenvalue weighted by Crippen LogP contribution is -2.14. The standard InChI is InChI=1S/C7H15FO2/c1-2-7(9)6-10-5-3-4-8/h7,9H,2-6H2,1H3. The van der Waals surface area contributed by atoms with Gasteiger partial charge in [-0.1, -0.05) is 6.92 Å². The molecule has 0 amide bonds. The summed E-state index contributed by atoms with van der Waals surface area (Å²) in [6.45, 7) is 2.27. The Balaban J connectivity index is 2.89. The number of halogens is 1. The van der Waals surface area contributed by atoms with Crippen molar-refractivity contribution in [2.75, 3.05) is 19.9 Å². The van der Waals surface area contributed by atoms with Crippen molar-refractivity contribution in [1.82, 2.24) is 0 Å². The number of rotatable bonds is 6. The first-order valence-electron chi connectivity index (χ1n) is 3.63. The smallest absolute Gasteiger partial charge is 0.0916 e. The average molecular weight is 150 g/mol. The van der Waals surface area contributed by atoms with Gasteiger partial charge in [-0.25, -0.2) is 0 Å². The number of hydrogen-bond donors (Lipinski definition) is 1. The van der Waals surface area contributed by atoms with E-state index in [0.29, 0.717) is 26.1 Å². The van der Waals surface area contributed by atoms with Crippen LogP contribution in [0, 0.1) is 0 Å². The molecular weight excluding hydrogens is 135 g/mol. The zero-order chi connectivity index (χ0) is 7.82. The summed E-state index contributed by atoms with van der Waals surface area (Å²) in [6.07, 6.45) is 0.728. The fourth-order valence-electron chi connectivity index (χ4n) is 0.494. The van der Waals surface area contributed by atoms with Gasteiger partial charge in [0.25, 0.3) is 0 Å². The summed E-state index contributed by atoms with van der Waals surface area (Å²) >= 11 is 0. The van der Waals surface area contributed by atoms with Crippen LogP contribution in [0.15, 0.2) is 0 Å². The molecule has 0 saturated heterocycles. The molecule has 0 aromatic carbocycles. The predicted molar refractivity (Wildman–Crippen MR) is 37.7 cm³/mol. The first-order valence-corrected chi connectivity index (χ1v) is 3.63. The molecule has 0 heterocycles. The zero-order valence-corrected chi connectivity index (χ0v) is 6.35. The molecule has 0 bridgehead atoms. The van der Waals surface area contributed by atoms with Crippen molar-refractivity contribution in [2.24, 2.45) is 0 Å². The van der Waals surface area contributed by atoms with Crippen molar-refractivity contribution in [2.45, 2.75) is 25.9 Å². The molecule has 0 saturated carbocycles. The van der Waals surface area contributed by atoms with Crippen LogP contribution in [0.4, 0.5) is 4.39 Å². The fraction of sp³-hybridized carbons (Fsp3) is 1.00. The molecule has 3 heteroatoms. The van der Waals surface area contributed by atoms with Crippen LogP contribution < -0.4 is 0 Å². The van der Waals surface area contributed by atoms with Crippen LogP contribution in [0.3, 0.4) is 0 Å². The molecule has 0 aromatic heterocycles. The first kappa shape index (κ1) is 9.85. The Morgan fingerprint density at radius 1 is 1.60 bits per heavy atom. The Hall–Kier alpha value is -0.150. The maximum atomic E-state index is 11.5. The molecule has 0 spiro atoms. The first-order chi connectivity index (χ1) is 4.81. The summed E-state index contributed by atoms with van der Waals surface area (Å²) in [5.41, 5.74) is 0. The second kappa shape index (κ2) is 6.96. The highest BCUT2D eigenvalue weighted by molar-refractivity contribution is 4.47. The van der Waals surface area contributed by atoms with Gasteiger partial charge in [0.15, 0.2) is 0 Å². The van der Waals surface area contributed by atoms with Crippen LogP contribution in [0.1, 0.15) is 19.8 Å². The van der Waals surface area contributed by atoms with Gasteiger partial charge < -0.3 is 9.84 Å². The van der Waals surface area contributed by atoms with Gasteiger partial charge in [-0.15, -0.1) is 0 Å². The molecule has 0 radical (unpaired) electrons. The van der Waals surface area contributed by atoms with Crippen molar-refractivity contribution in [3.8, 4) is 0 Å². The Kier molecular flexibility index (Phi) is 6.86. The molecule has 0 rings (SSSR count). The zero-order valence-electron chi connectivity index (χ0n) is 6.35. The second-order valence-electron chi connectivity index (χ2n) is 2.18. The summed E-state index contributed by atoms with van der Waals surface area (Å²) in [4.78, 5) is 0. The van der Waals surface area contributed by atoms with Crippen molar-refractivity contribution >= 4 is 0 Å². The molecule has 1 unspecified atom stereocenters. The van der Waals surface area contributed by atoms with E-state index >= 15 is 0 Å². The normalized spacial score (nSPS) is 13.5. The van der Waals surface area contributed by atoms with Crippen LogP contribution >= 0.6 is 0 Å². The lowest BCUT2D eigenvalue weighted by Gasteiger charge is -2.06. The van der Waals surface area contributed by atoms with Gasteiger partial charge in [0.05, 0.1) is 19.4 Å². The van der Waals surface area contributed by atoms with E-state index in [0.717, 1.165) is 0 Å². The van der Waals surface area contributed by atoms with Crippen molar-refractivity contribution < 1.29 is 14.2 Å². The molecule has 10 heavy (non-hydrogen) atoms. The van der Waals surface area contributed by atoms with Gasteiger partial charge in [0, 0.05) is 6.61 Å². The van der Waals surface area contributed by atoms with E-state index in [1.165, 1.54) is 0 Å². The average Bonchev–Trinajstić information content (AvgIpc) is 1.98. The maximum absolute atomic E-state index is 11.5. The minimum Gasteiger partial charge on any atom is -0.391 e. The van der Waals surface area contributed by atoms with Crippen LogP contribution in [-0.4, -0.2) is 31.1 Å². The quantitative estimate of drug-likeness (QED) is 0.575. The van der Waals surface area contributed by atoms with Gasteiger partial charge in [0.2, 0.25) is 0 Å². The Labute approximate surface area is 61.0 Å². The van der Waals surface area contributed by atoms with E-state index in [4.69, 9.17) is 9.84 Å². The molecule has 0 aliphatic heterocycles. The molecule has 1 atom stereocenters. The number of alkyl halides is 1. The number of ether oxygens (including phenoxy) is 1. The lowest BCUT2D eigenvalue weighted by molar-refractivity contribution is 0.0325. The van der Waals surface area contributed by atoms with Crippen LogP contribution in [0.5, 0.6) is 0 Å². The number of aliphatic hydroxyl groups excluding tert-OH is 1. The van der Waals surface area contributed by atoms with Crippen molar-refractivity contribution in [3.63, 3.8) is 0 Å². The second-order valence-corrected chi connectivity index (χ2v) is 2.18. The minimum absolute atomic E-state index is 0.330. The maximum Gasteiger partial charge on any atom is 0.0916 e. The van der Waals surface area contributed by atoms with E-state index in [-0.39, 0.29) is 12.8 Å². The van der Waals surface area contributed by atoms with Gasteiger partial charge in [-0.05, 0) is 12.8 Å². The van der Waals surface area contributed by atoms with E-state index in [1.54, 1.807) is 0 Å². The summed E-state index contributed by atoms with van der Waals surface area (Å²) < 4.78 is 16.4. The third-order valence-corrected chi connectivity index (χ3v) is 1.20. The summed E-state index contributed by atoms with van der Waals surface area (Å²) in [7, 11) is 0. The predicted octanol–water partition coefficient (Wildman–Crippen LogP) is 1.13. The van der Waals surface area contributed by atoms with Gasteiger partial charge >= 0.3 is 0 Å².